The molecule has 5 atom stereocenters. The van der Waals surface area contributed by atoms with Crippen LogP contribution in [0.5, 0.6) is 0 Å². The molecule has 0 aromatic heterocycles. The van der Waals surface area contributed by atoms with E-state index in [-0.39, 0.29) is 23.0 Å². The van der Waals surface area contributed by atoms with Crippen molar-refractivity contribution in [1.29, 1.82) is 0 Å². The average molecular weight is 332 g/mol. The second-order valence-corrected chi connectivity index (χ2v) is 9.55. The van der Waals surface area contributed by atoms with Crippen LogP contribution >= 0.6 is 0 Å². The van der Waals surface area contributed by atoms with E-state index in [9.17, 15) is 15.0 Å². The third-order valence-corrected chi connectivity index (χ3v) is 8.09. The van der Waals surface area contributed by atoms with Crippen molar-refractivity contribution >= 4 is 5.78 Å². The fourth-order valence-electron chi connectivity index (χ4n) is 6.16. The SMILES string of the molecule is C#CC[C@]12CCC(=O)C[C@]1(O)CC[C@H]1C[C@](C)(C(C)(C)O)CC[C@@H]12. The van der Waals surface area contributed by atoms with E-state index in [2.05, 4.69) is 12.8 Å². The van der Waals surface area contributed by atoms with Crippen LogP contribution in [0.4, 0.5) is 0 Å². The summed E-state index contributed by atoms with van der Waals surface area (Å²) in [6, 6.07) is 0. The zero-order chi connectivity index (χ0) is 17.8. The molecule has 0 unspecified atom stereocenters. The Kier molecular flexibility index (Phi) is 4.17. The minimum Gasteiger partial charge on any atom is -0.390 e. The molecule has 3 heteroatoms. The van der Waals surface area contributed by atoms with Crippen LogP contribution in [0, 0.1) is 35.0 Å². The van der Waals surface area contributed by atoms with Crippen molar-refractivity contribution in [1.82, 2.24) is 0 Å². The second-order valence-electron chi connectivity index (χ2n) is 9.55. The highest BCUT2D eigenvalue weighted by Gasteiger charge is 2.63. The molecule has 0 saturated heterocycles. The fourth-order valence-corrected chi connectivity index (χ4v) is 6.16. The van der Waals surface area contributed by atoms with Crippen molar-refractivity contribution in [3.63, 3.8) is 0 Å². The monoisotopic (exact) mass is 332 g/mol. The Morgan fingerprint density at radius 2 is 2.00 bits per heavy atom. The highest BCUT2D eigenvalue weighted by Crippen LogP contribution is 2.64. The van der Waals surface area contributed by atoms with Gasteiger partial charge in [-0.05, 0) is 69.6 Å². The van der Waals surface area contributed by atoms with Gasteiger partial charge in [-0.3, -0.25) is 4.79 Å². The summed E-state index contributed by atoms with van der Waals surface area (Å²) in [7, 11) is 0. The highest BCUT2D eigenvalue weighted by atomic mass is 16.3. The van der Waals surface area contributed by atoms with E-state index in [0.717, 1.165) is 32.1 Å². The third-order valence-electron chi connectivity index (χ3n) is 8.09. The molecule has 0 spiro atoms. The van der Waals surface area contributed by atoms with Gasteiger partial charge in [0, 0.05) is 24.7 Å². The Bertz CT molecular complexity index is 569. The summed E-state index contributed by atoms with van der Waals surface area (Å²) in [6.07, 6.45) is 12.4. The van der Waals surface area contributed by atoms with Crippen molar-refractivity contribution < 1.29 is 15.0 Å². The molecular formula is C21H32O3. The average Bonchev–Trinajstić information content (AvgIpc) is 2.47. The quantitative estimate of drug-likeness (QED) is 0.761. The van der Waals surface area contributed by atoms with Crippen LogP contribution in [0.25, 0.3) is 0 Å². The summed E-state index contributed by atoms with van der Waals surface area (Å²) < 4.78 is 0. The Labute approximate surface area is 146 Å². The molecule has 3 saturated carbocycles. The Morgan fingerprint density at radius 3 is 2.62 bits per heavy atom. The van der Waals surface area contributed by atoms with Crippen molar-refractivity contribution in [3.05, 3.63) is 0 Å². The minimum atomic E-state index is -0.918. The molecule has 2 N–H and O–H groups in total. The zero-order valence-electron chi connectivity index (χ0n) is 15.4. The van der Waals surface area contributed by atoms with E-state index in [1.165, 1.54) is 0 Å². The lowest BCUT2D eigenvalue weighted by atomic mass is 9.43. The van der Waals surface area contributed by atoms with Crippen molar-refractivity contribution in [2.24, 2.45) is 22.7 Å². The molecular weight excluding hydrogens is 300 g/mol. The number of ketones is 1. The maximum atomic E-state index is 12.0. The number of hydrogen-bond donors (Lipinski definition) is 2. The van der Waals surface area contributed by atoms with E-state index >= 15 is 0 Å². The van der Waals surface area contributed by atoms with Crippen LogP contribution < -0.4 is 0 Å². The summed E-state index contributed by atoms with van der Waals surface area (Å²) in [6.45, 7) is 6.04. The summed E-state index contributed by atoms with van der Waals surface area (Å²) in [5, 5.41) is 22.1. The molecule has 3 nitrogen and oxygen atoms in total. The second kappa shape index (κ2) is 5.58. The van der Waals surface area contributed by atoms with Gasteiger partial charge in [-0.25, -0.2) is 0 Å². The summed E-state index contributed by atoms with van der Waals surface area (Å²) >= 11 is 0. The molecule has 0 heterocycles. The van der Waals surface area contributed by atoms with E-state index in [4.69, 9.17) is 6.42 Å². The molecule has 0 aromatic rings. The number of carbonyl (C=O) groups excluding carboxylic acids is 1. The lowest BCUT2D eigenvalue weighted by Gasteiger charge is -2.63. The smallest absolute Gasteiger partial charge is 0.135 e. The Balaban J connectivity index is 1.94. The molecule has 134 valence electrons. The maximum absolute atomic E-state index is 12.0. The number of fused-ring (bicyclic) bond motifs is 3. The first-order valence-electron chi connectivity index (χ1n) is 9.47. The molecule has 3 fully saturated rings. The van der Waals surface area contributed by atoms with Crippen LogP contribution in [0.2, 0.25) is 0 Å². The van der Waals surface area contributed by atoms with Crippen LogP contribution in [0.15, 0.2) is 0 Å². The molecule has 3 rings (SSSR count). The zero-order valence-corrected chi connectivity index (χ0v) is 15.4. The fraction of sp³-hybridized carbons (Fsp3) is 0.857. The molecule has 0 amide bonds. The van der Waals surface area contributed by atoms with Crippen molar-refractivity contribution in [2.45, 2.75) is 89.8 Å². The number of hydrogen-bond acceptors (Lipinski definition) is 3. The third kappa shape index (κ3) is 2.45. The van der Waals surface area contributed by atoms with Gasteiger partial charge >= 0.3 is 0 Å². The van der Waals surface area contributed by atoms with E-state index in [1.54, 1.807) is 0 Å². The first-order valence-corrected chi connectivity index (χ1v) is 9.47. The number of aliphatic hydroxyl groups is 2. The van der Waals surface area contributed by atoms with Crippen LogP contribution in [-0.4, -0.2) is 27.2 Å². The van der Waals surface area contributed by atoms with Gasteiger partial charge in [-0.1, -0.05) is 6.92 Å². The van der Waals surface area contributed by atoms with Crippen LogP contribution in [0.3, 0.4) is 0 Å². The molecule has 3 aliphatic rings. The predicted molar refractivity (Wildman–Crippen MR) is 94.2 cm³/mol. The molecule has 0 bridgehead atoms. The lowest BCUT2D eigenvalue weighted by molar-refractivity contribution is -0.208. The summed E-state index contributed by atoms with van der Waals surface area (Å²) in [4.78, 5) is 12.0. The first kappa shape index (κ1) is 18.0. The number of rotatable bonds is 2. The highest BCUT2D eigenvalue weighted by molar-refractivity contribution is 5.81. The molecule has 0 radical (unpaired) electrons. The number of Topliss-reactive ketones (excluding diaryl/α,β-unsaturated/α-hetero) is 1. The van der Waals surface area contributed by atoms with Gasteiger partial charge in [-0.2, -0.15) is 0 Å². The number of terminal acetylenes is 1. The normalized spacial score (nSPS) is 45.9. The summed E-state index contributed by atoms with van der Waals surface area (Å²) in [5.74, 6) is 3.87. The molecule has 0 aromatic carbocycles. The van der Waals surface area contributed by atoms with Crippen molar-refractivity contribution in [3.8, 4) is 12.3 Å². The van der Waals surface area contributed by atoms with Crippen LogP contribution in [-0.2, 0) is 4.79 Å². The minimum absolute atomic E-state index is 0.0918. The van der Waals surface area contributed by atoms with Gasteiger partial charge in [-0.15, -0.1) is 12.3 Å². The topological polar surface area (TPSA) is 57.5 Å². The van der Waals surface area contributed by atoms with Gasteiger partial charge in [0.2, 0.25) is 0 Å². The largest absolute Gasteiger partial charge is 0.390 e. The van der Waals surface area contributed by atoms with E-state index in [1.807, 2.05) is 13.8 Å². The van der Waals surface area contributed by atoms with E-state index in [0.29, 0.717) is 31.1 Å². The number of carbonyl (C=O) groups is 1. The van der Waals surface area contributed by atoms with Gasteiger partial charge in [0.15, 0.2) is 0 Å². The van der Waals surface area contributed by atoms with Gasteiger partial charge in [0.05, 0.1) is 11.2 Å². The Hall–Kier alpha value is -0.850. The standard InChI is InChI=1S/C21H32O3/c1-5-9-20-11-7-16(22)14-21(20,24)12-6-15-13-19(4,18(2,3)23)10-8-17(15)20/h1,15,17,23-24H,6-14H2,2-4H3/t15-,17-,19+,20+,21+/m0/s1. The van der Waals surface area contributed by atoms with Gasteiger partial charge in [0.25, 0.3) is 0 Å². The molecule has 3 aliphatic carbocycles. The van der Waals surface area contributed by atoms with E-state index < -0.39 is 11.2 Å². The lowest BCUT2D eigenvalue weighted by Crippen LogP contribution is -2.63. The van der Waals surface area contributed by atoms with Crippen molar-refractivity contribution in [2.75, 3.05) is 0 Å². The predicted octanol–water partition coefficient (Wildman–Crippen LogP) is 3.47. The van der Waals surface area contributed by atoms with Gasteiger partial charge < -0.3 is 10.2 Å². The molecule has 0 aliphatic heterocycles. The van der Waals surface area contributed by atoms with Gasteiger partial charge in [0.1, 0.15) is 5.78 Å². The first-order chi connectivity index (χ1) is 11.1. The summed E-state index contributed by atoms with van der Waals surface area (Å²) in [5.41, 5.74) is -2.02. The molecule has 24 heavy (non-hydrogen) atoms. The Morgan fingerprint density at radius 1 is 1.29 bits per heavy atom. The maximum Gasteiger partial charge on any atom is 0.135 e. The van der Waals surface area contributed by atoms with Crippen LogP contribution in [0.1, 0.15) is 78.6 Å².